The molecule has 1 aliphatic rings. The van der Waals surface area contributed by atoms with E-state index in [1.165, 1.54) is 0 Å². The fraction of sp³-hybridized carbons (Fsp3) is 0.381. The van der Waals surface area contributed by atoms with Crippen LogP contribution in [0.4, 0.5) is 5.82 Å². The molecule has 2 atom stereocenters. The number of aromatic nitrogens is 2. The molecule has 0 saturated carbocycles. The van der Waals surface area contributed by atoms with Crippen molar-refractivity contribution in [3.63, 3.8) is 0 Å². The van der Waals surface area contributed by atoms with Gasteiger partial charge in [-0.2, -0.15) is 15.6 Å². The van der Waals surface area contributed by atoms with Crippen molar-refractivity contribution in [1.82, 2.24) is 10.2 Å². The van der Waals surface area contributed by atoms with Crippen molar-refractivity contribution in [2.45, 2.75) is 33.1 Å². The number of carbonyl (C=O) groups is 1. The normalized spacial score (nSPS) is 18.6. The van der Waals surface area contributed by atoms with Crippen LogP contribution in [0, 0.1) is 28.6 Å². The summed E-state index contributed by atoms with van der Waals surface area (Å²) in [6.45, 7) is 5.29. The molecular formula is C21H22N6O4S. The number of esters is 1. The Morgan fingerprint density at radius 1 is 1.31 bits per heavy atom. The molecule has 2 unspecified atom stereocenters. The van der Waals surface area contributed by atoms with Gasteiger partial charge in [-0.1, -0.05) is 6.07 Å². The zero-order valence-electron chi connectivity index (χ0n) is 17.8. The van der Waals surface area contributed by atoms with E-state index in [1.807, 2.05) is 0 Å². The number of allylic oxidation sites excluding steroid dienone is 2. The van der Waals surface area contributed by atoms with Crippen molar-refractivity contribution in [2.75, 3.05) is 17.1 Å². The van der Waals surface area contributed by atoms with Crippen molar-refractivity contribution in [1.29, 1.82) is 10.5 Å². The third kappa shape index (κ3) is 4.63. The standard InChI is InChI=1S/C21H22N6O4S/c1-4-31-19(28)7-8-32(29,30)27-21-15-9-14(5-6-18(15)25-26-21)20-16(10-22)12(2)24-13(3)17(20)11-23/h5-6,9,16,20H,4,7-8H2,1-3H3,(H2,25,26,27). The minimum atomic E-state index is -3.86. The van der Waals surface area contributed by atoms with Crippen LogP contribution in [0.15, 0.2) is 34.5 Å². The Labute approximate surface area is 185 Å². The maximum absolute atomic E-state index is 12.4. The maximum atomic E-state index is 12.4. The third-order valence-corrected chi connectivity index (χ3v) is 6.41. The SMILES string of the molecule is CCOC(=O)CCS(=O)(=O)Nc1n[nH]c2ccc(C3C(C#N)=C(C)N=C(C)C3C#N)cc12. The van der Waals surface area contributed by atoms with E-state index in [0.29, 0.717) is 33.4 Å². The topological polar surface area (TPSA) is 161 Å². The molecular weight excluding hydrogens is 432 g/mol. The Bertz CT molecular complexity index is 1310. The van der Waals surface area contributed by atoms with Gasteiger partial charge in [0.25, 0.3) is 0 Å². The summed E-state index contributed by atoms with van der Waals surface area (Å²) in [5.41, 5.74) is 2.80. The van der Waals surface area contributed by atoms with Gasteiger partial charge in [-0.05, 0) is 38.5 Å². The van der Waals surface area contributed by atoms with Crippen molar-refractivity contribution >= 4 is 38.4 Å². The van der Waals surface area contributed by atoms with Gasteiger partial charge < -0.3 is 4.74 Å². The summed E-state index contributed by atoms with van der Waals surface area (Å²) in [7, 11) is -3.86. The first kappa shape index (κ1) is 23.0. The van der Waals surface area contributed by atoms with Crippen LogP contribution in [0.5, 0.6) is 0 Å². The molecule has 2 aromatic rings. The number of ether oxygens (including phenoxy) is 1. The van der Waals surface area contributed by atoms with Crippen LogP contribution in [0.1, 0.15) is 38.7 Å². The lowest BCUT2D eigenvalue weighted by Gasteiger charge is -2.26. The lowest BCUT2D eigenvalue weighted by molar-refractivity contribution is -0.142. The molecule has 0 saturated heterocycles. The van der Waals surface area contributed by atoms with E-state index >= 15 is 0 Å². The van der Waals surface area contributed by atoms with E-state index in [0.717, 1.165) is 0 Å². The lowest BCUT2D eigenvalue weighted by Crippen LogP contribution is -2.24. The third-order valence-electron chi connectivity index (χ3n) is 5.17. The number of aliphatic imine (C=N–C) groups is 1. The van der Waals surface area contributed by atoms with Crippen molar-refractivity contribution in [3.8, 4) is 12.1 Å². The summed E-state index contributed by atoms with van der Waals surface area (Å²) in [4.78, 5) is 15.8. The average Bonchev–Trinajstić information content (AvgIpc) is 3.13. The smallest absolute Gasteiger partial charge is 0.306 e. The minimum absolute atomic E-state index is 0.0691. The van der Waals surface area contributed by atoms with Gasteiger partial charge in [0.2, 0.25) is 10.0 Å². The molecule has 1 aromatic heterocycles. The second-order valence-corrected chi connectivity index (χ2v) is 9.14. The highest BCUT2D eigenvalue weighted by atomic mass is 32.2. The van der Waals surface area contributed by atoms with Crippen molar-refractivity contribution in [3.05, 3.63) is 35.0 Å². The molecule has 0 aliphatic carbocycles. The number of fused-ring (bicyclic) bond motifs is 1. The van der Waals surface area contributed by atoms with Gasteiger partial charge >= 0.3 is 5.97 Å². The highest BCUT2D eigenvalue weighted by Crippen LogP contribution is 2.39. The van der Waals surface area contributed by atoms with Crippen LogP contribution in [0.25, 0.3) is 10.9 Å². The van der Waals surface area contributed by atoms with E-state index in [2.05, 4.69) is 32.1 Å². The fourth-order valence-corrected chi connectivity index (χ4v) is 4.64. The molecule has 0 fully saturated rings. The zero-order chi connectivity index (χ0) is 23.5. The second kappa shape index (κ2) is 9.20. The van der Waals surface area contributed by atoms with Gasteiger partial charge in [-0.3, -0.25) is 19.6 Å². The number of sulfonamides is 1. The first-order valence-corrected chi connectivity index (χ1v) is 11.6. The Hall–Kier alpha value is -3.70. The summed E-state index contributed by atoms with van der Waals surface area (Å²) in [6.07, 6.45) is -0.281. The highest BCUT2D eigenvalue weighted by molar-refractivity contribution is 7.92. The van der Waals surface area contributed by atoms with Gasteiger partial charge in [-0.25, -0.2) is 8.42 Å². The molecule has 0 spiro atoms. The van der Waals surface area contributed by atoms with Gasteiger partial charge in [0.1, 0.15) is 0 Å². The van der Waals surface area contributed by atoms with Crippen LogP contribution in [0.3, 0.4) is 0 Å². The van der Waals surface area contributed by atoms with Crippen LogP contribution >= 0.6 is 0 Å². The van der Waals surface area contributed by atoms with Crippen molar-refractivity contribution in [2.24, 2.45) is 10.9 Å². The summed E-state index contributed by atoms with van der Waals surface area (Å²) < 4.78 is 32.0. The van der Waals surface area contributed by atoms with Crippen LogP contribution in [-0.4, -0.2) is 42.7 Å². The molecule has 0 radical (unpaired) electrons. The van der Waals surface area contributed by atoms with E-state index < -0.39 is 33.6 Å². The minimum Gasteiger partial charge on any atom is -0.466 e. The summed E-state index contributed by atoms with van der Waals surface area (Å²) in [5, 5.41) is 26.7. The van der Waals surface area contributed by atoms with Gasteiger partial charge in [0.15, 0.2) is 5.82 Å². The van der Waals surface area contributed by atoms with Crippen LogP contribution in [0.2, 0.25) is 0 Å². The molecule has 10 nitrogen and oxygen atoms in total. The van der Waals surface area contributed by atoms with Crippen LogP contribution < -0.4 is 4.72 Å². The number of H-pyrrole nitrogens is 1. The number of rotatable bonds is 7. The molecule has 0 amide bonds. The second-order valence-electron chi connectivity index (χ2n) is 7.30. The zero-order valence-corrected chi connectivity index (χ0v) is 18.7. The number of hydrogen-bond donors (Lipinski definition) is 2. The molecule has 0 bridgehead atoms. The molecule has 32 heavy (non-hydrogen) atoms. The van der Waals surface area contributed by atoms with Gasteiger partial charge in [0, 0.05) is 17.0 Å². The predicted octanol–water partition coefficient (Wildman–Crippen LogP) is 2.75. The largest absolute Gasteiger partial charge is 0.466 e. The van der Waals surface area contributed by atoms with E-state index in [1.54, 1.807) is 39.0 Å². The first-order chi connectivity index (χ1) is 15.2. The summed E-state index contributed by atoms with van der Waals surface area (Å²) in [5.74, 6) is -2.14. The fourth-order valence-electron chi connectivity index (χ4n) is 3.66. The molecule has 166 valence electrons. The number of aromatic amines is 1. The van der Waals surface area contributed by atoms with Gasteiger partial charge in [0.05, 0.1) is 53.6 Å². The monoisotopic (exact) mass is 454 g/mol. The number of nitrogens with one attached hydrogen (secondary N) is 2. The predicted molar refractivity (Wildman–Crippen MR) is 118 cm³/mol. The van der Waals surface area contributed by atoms with Gasteiger partial charge in [-0.15, -0.1) is 0 Å². The van der Waals surface area contributed by atoms with E-state index in [9.17, 15) is 23.7 Å². The molecule has 1 aromatic carbocycles. The Balaban J connectivity index is 1.96. The number of nitriles is 2. The number of carbonyl (C=O) groups excluding carboxylic acids is 1. The Morgan fingerprint density at radius 3 is 2.72 bits per heavy atom. The quantitative estimate of drug-likeness (QED) is 0.608. The number of hydrogen-bond acceptors (Lipinski definition) is 8. The van der Waals surface area contributed by atoms with Crippen LogP contribution in [-0.2, 0) is 19.6 Å². The summed E-state index contributed by atoms with van der Waals surface area (Å²) >= 11 is 0. The lowest BCUT2D eigenvalue weighted by atomic mass is 9.76. The van der Waals surface area contributed by atoms with Crippen molar-refractivity contribution < 1.29 is 17.9 Å². The number of nitrogens with zero attached hydrogens (tertiary/aromatic N) is 4. The first-order valence-electron chi connectivity index (χ1n) is 9.90. The number of anilines is 1. The molecule has 2 heterocycles. The summed E-state index contributed by atoms with van der Waals surface area (Å²) in [6, 6.07) is 9.59. The Kier molecular flexibility index (Phi) is 6.61. The average molecular weight is 455 g/mol. The number of benzene rings is 1. The van der Waals surface area contributed by atoms with E-state index in [4.69, 9.17) is 4.74 Å². The van der Waals surface area contributed by atoms with E-state index in [-0.39, 0.29) is 18.8 Å². The molecule has 3 rings (SSSR count). The molecule has 1 aliphatic heterocycles. The highest BCUT2D eigenvalue weighted by Gasteiger charge is 2.34. The Morgan fingerprint density at radius 2 is 2.06 bits per heavy atom. The molecule has 11 heteroatoms. The maximum Gasteiger partial charge on any atom is 0.306 e. The molecule has 2 N–H and O–H groups in total.